The van der Waals surface area contributed by atoms with Gasteiger partial charge in [-0.05, 0) is 29.3 Å². The summed E-state index contributed by atoms with van der Waals surface area (Å²) in [6.45, 7) is 2.72. The van der Waals surface area contributed by atoms with E-state index in [-0.39, 0.29) is 6.04 Å². The summed E-state index contributed by atoms with van der Waals surface area (Å²) in [6, 6.07) is 19.1. The van der Waals surface area contributed by atoms with Gasteiger partial charge in [-0.25, -0.2) is 9.97 Å². The van der Waals surface area contributed by atoms with Crippen molar-refractivity contribution in [2.45, 2.75) is 12.6 Å². The Morgan fingerprint density at radius 2 is 1.93 bits per heavy atom. The van der Waals surface area contributed by atoms with Crippen LogP contribution < -0.4 is 9.64 Å². The first-order valence-corrected chi connectivity index (χ1v) is 10.3. The van der Waals surface area contributed by atoms with Gasteiger partial charge in [0, 0.05) is 18.8 Å². The third-order valence-corrected chi connectivity index (χ3v) is 5.98. The molecule has 0 spiro atoms. The smallest absolute Gasteiger partial charge is 0.171 e. The maximum absolute atomic E-state index is 5.87. The first kappa shape index (κ1) is 17.5. The average molecular weight is 398 g/mol. The van der Waals surface area contributed by atoms with Crippen LogP contribution in [0, 0.1) is 0 Å². The molecule has 0 radical (unpaired) electrons. The number of nitrogens with zero attached hydrogens (tertiary/aromatic N) is 4. The zero-order valence-electron chi connectivity index (χ0n) is 16.8. The Kier molecular flexibility index (Phi) is 3.99. The molecule has 0 aliphatic carbocycles. The maximum atomic E-state index is 5.87. The number of ether oxygens (including phenoxy) is 2. The molecule has 0 saturated heterocycles. The van der Waals surface area contributed by atoms with Crippen LogP contribution >= 0.6 is 0 Å². The molecule has 0 fully saturated rings. The molecule has 4 heterocycles. The number of anilines is 1. The van der Waals surface area contributed by atoms with Crippen molar-refractivity contribution in [2.24, 2.45) is 0 Å². The molecule has 4 aromatic rings. The van der Waals surface area contributed by atoms with Crippen molar-refractivity contribution in [3.8, 4) is 16.9 Å². The fraction of sp³-hybridized carbons (Fsp3) is 0.250. The molecule has 1 unspecified atom stereocenters. The van der Waals surface area contributed by atoms with Gasteiger partial charge in [-0.15, -0.1) is 0 Å². The van der Waals surface area contributed by atoms with E-state index < -0.39 is 0 Å². The molecule has 2 aromatic carbocycles. The number of aromatic nitrogens is 3. The van der Waals surface area contributed by atoms with Crippen LogP contribution in [0.25, 0.3) is 22.2 Å². The number of hydrogen-bond donors (Lipinski definition) is 0. The van der Waals surface area contributed by atoms with Gasteiger partial charge < -0.3 is 18.9 Å². The summed E-state index contributed by atoms with van der Waals surface area (Å²) < 4.78 is 14.0. The lowest BCUT2D eigenvalue weighted by molar-refractivity contribution is 0.0679. The minimum atomic E-state index is 0.119. The molecule has 0 bridgehead atoms. The van der Waals surface area contributed by atoms with Crippen LogP contribution in [-0.4, -0.2) is 41.3 Å². The van der Waals surface area contributed by atoms with Crippen LogP contribution in [0.15, 0.2) is 60.8 Å². The van der Waals surface area contributed by atoms with Gasteiger partial charge in [-0.2, -0.15) is 0 Å². The van der Waals surface area contributed by atoms with E-state index in [4.69, 9.17) is 14.5 Å². The van der Waals surface area contributed by atoms with E-state index in [9.17, 15) is 0 Å². The summed E-state index contributed by atoms with van der Waals surface area (Å²) in [7, 11) is 2.05. The second-order valence-electron chi connectivity index (χ2n) is 7.86. The number of hydrogen-bond acceptors (Lipinski definition) is 5. The molecule has 6 nitrogen and oxygen atoms in total. The van der Waals surface area contributed by atoms with E-state index in [0.717, 1.165) is 46.1 Å². The fourth-order valence-corrected chi connectivity index (χ4v) is 4.42. The number of imidazole rings is 1. The van der Waals surface area contributed by atoms with Crippen LogP contribution in [0.3, 0.4) is 0 Å². The summed E-state index contributed by atoms with van der Waals surface area (Å²) in [5.41, 5.74) is 5.49. The molecule has 6 rings (SSSR count). The van der Waals surface area contributed by atoms with Gasteiger partial charge in [0.2, 0.25) is 0 Å². The van der Waals surface area contributed by atoms with E-state index in [1.165, 1.54) is 5.56 Å². The quantitative estimate of drug-likeness (QED) is 0.510. The number of pyridine rings is 1. The Hall–Kier alpha value is -3.38. The Bertz CT molecular complexity index is 1230. The van der Waals surface area contributed by atoms with E-state index >= 15 is 0 Å². The molecule has 0 amide bonds. The predicted octanol–water partition coefficient (Wildman–Crippen LogP) is 4.05. The first-order chi connectivity index (χ1) is 14.8. The van der Waals surface area contributed by atoms with Gasteiger partial charge in [0.15, 0.2) is 11.6 Å². The molecule has 1 atom stereocenters. The molecular weight excluding hydrogens is 376 g/mol. The molecular formula is C24H22N4O2. The lowest BCUT2D eigenvalue weighted by Crippen LogP contribution is -2.29. The zero-order chi connectivity index (χ0) is 20.1. The molecule has 0 saturated carbocycles. The molecule has 6 heteroatoms. The second kappa shape index (κ2) is 6.85. The van der Waals surface area contributed by atoms with Crippen molar-refractivity contribution in [2.75, 3.05) is 31.7 Å². The summed E-state index contributed by atoms with van der Waals surface area (Å²) in [5, 5.41) is 0. The largest absolute Gasteiger partial charge is 0.488 e. The molecule has 2 aliphatic heterocycles. The minimum Gasteiger partial charge on any atom is -0.488 e. The van der Waals surface area contributed by atoms with Gasteiger partial charge in [0.05, 0.1) is 30.2 Å². The summed E-state index contributed by atoms with van der Waals surface area (Å²) in [6.07, 6.45) is 1.93. The van der Waals surface area contributed by atoms with Gasteiger partial charge >= 0.3 is 0 Å². The molecule has 150 valence electrons. The highest BCUT2D eigenvalue weighted by Crippen LogP contribution is 2.35. The summed E-state index contributed by atoms with van der Waals surface area (Å²) in [5.74, 6) is 2.71. The minimum absolute atomic E-state index is 0.119. The normalized spacial score (nSPS) is 18.0. The average Bonchev–Trinajstić information content (AvgIpc) is 3.17. The van der Waals surface area contributed by atoms with Crippen molar-refractivity contribution < 1.29 is 9.47 Å². The highest BCUT2D eigenvalue weighted by Gasteiger charge is 2.25. The number of likely N-dealkylation sites (N-methyl/N-ethyl adjacent to an activating group) is 1. The Morgan fingerprint density at radius 1 is 1.03 bits per heavy atom. The SMILES string of the molecule is CN1CCOc2cc(-c3ccc4nc5n(c4c3)C(c3ccccc3)COC5)cnc21. The molecule has 30 heavy (non-hydrogen) atoms. The lowest BCUT2D eigenvalue weighted by Gasteiger charge is -2.27. The lowest BCUT2D eigenvalue weighted by atomic mass is 10.0. The van der Waals surface area contributed by atoms with Crippen LogP contribution in [0.4, 0.5) is 5.82 Å². The first-order valence-electron chi connectivity index (χ1n) is 10.3. The number of fused-ring (bicyclic) bond motifs is 4. The van der Waals surface area contributed by atoms with Crippen molar-refractivity contribution in [3.63, 3.8) is 0 Å². The fourth-order valence-electron chi connectivity index (χ4n) is 4.42. The van der Waals surface area contributed by atoms with Crippen LogP contribution in [0.5, 0.6) is 5.75 Å². The van der Waals surface area contributed by atoms with Crippen LogP contribution in [0.2, 0.25) is 0 Å². The third kappa shape index (κ3) is 2.75. The standard InChI is InChI=1S/C24H22N4O2/c1-27-9-10-30-22-12-18(13-25-24(22)27)17-7-8-19-20(11-17)28-21(14-29-15-23(28)26-19)16-5-3-2-4-6-16/h2-8,11-13,21H,9-10,14-15H2,1H3. The number of rotatable bonds is 2. The van der Waals surface area contributed by atoms with E-state index in [1.807, 2.05) is 19.3 Å². The molecule has 2 aromatic heterocycles. The van der Waals surface area contributed by atoms with E-state index in [0.29, 0.717) is 19.8 Å². The van der Waals surface area contributed by atoms with Gasteiger partial charge in [0.1, 0.15) is 19.0 Å². The second-order valence-corrected chi connectivity index (χ2v) is 7.86. The Labute approximate surface area is 174 Å². The maximum Gasteiger partial charge on any atom is 0.171 e. The zero-order valence-corrected chi connectivity index (χ0v) is 16.8. The van der Waals surface area contributed by atoms with Crippen LogP contribution in [0.1, 0.15) is 17.4 Å². The van der Waals surface area contributed by atoms with E-state index in [1.54, 1.807) is 0 Å². The third-order valence-electron chi connectivity index (χ3n) is 5.98. The Balaban J connectivity index is 1.47. The molecule has 0 N–H and O–H groups in total. The van der Waals surface area contributed by atoms with Crippen molar-refractivity contribution in [1.29, 1.82) is 0 Å². The van der Waals surface area contributed by atoms with Gasteiger partial charge in [-0.3, -0.25) is 0 Å². The highest BCUT2D eigenvalue weighted by molar-refractivity contribution is 5.83. The van der Waals surface area contributed by atoms with Crippen LogP contribution in [-0.2, 0) is 11.3 Å². The van der Waals surface area contributed by atoms with Crippen molar-refractivity contribution >= 4 is 16.9 Å². The van der Waals surface area contributed by atoms with Crippen molar-refractivity contribution in [1.82, 2.24) is 14.5 Å². The molecule has 2 aliphatic rings. The summed E-state index contributed by atoms with van der Waals surface area (Å²) >= 11 is 0. The monoisotopic (exact) mass is 398 g/mol. The topological polar surface area (TPSA) is 52.4 Å². The van der Waals surface area contributed by atoms with Crippen molar-refractivity contribution in [3.05, 3.63) is 72.2 Å². The van der Waals surface area contributed by atoms with Gasteiger partial charge in [-0.1, -0.05) is 36.4 Å². The Morgan fingerprint density at radius 3 is 2.83 bits per heavy atom. The summed E-state index contributed by atoms with van der Waals surface area (Å²) in [4.78, 5) is 11.6. The van der Waals surface area contributed by atoms with E-state index in [2.05, 4.69) is 63.0 Å². The predicted molar refractivity (Wildman–Crippen MR) is 116 cm³/mol. The number of benzene rings is 2. The highest BCUT2D eigenvalue weighted by atomic mass is 16.5. The van der Waals surface area contributed by atoms with Gasteiger partial charge in [0.25, 0.3) is 0 Å².